The van der Waals surface area contributed by atoms with Gasteiger partial charge in [-0.1, -0.05) is 0 Å². The summed E-state index contributed by atoms with van der Waals surface area (Å²) in [5, 5.41) is 3.03. The molecular formula is C14H18N4O2. The molecule has 106 valence electrons. The van der Waals surface area contributed by atoms with Crippen LogP contribution in [0.5, 0.6) is 0 Å². The second kappa shape index (κ2) is 5.50. The summed E-state index contributed by atoms with van der Waals surface area (Å²) >= 11 is 0. The van der Waals surface area contributed by atoms with Crippen LogP contribution in [0.4, 0.5) is 0 Å². The average Bonchev–Trinajstić information content (AvgIpc) is 3.08. The number of fused-ring (bicyclic) bond motifs is 1. The lowest BCUT2D eigenvalue weighted by molar-refractivity contribution is 0.0927. The molecular weight excluding hydrogens is 256 g/mol. The molecule has 1 amide bonds. The fourth-order valence-corrected chi connectivity index (χ4v) is 2.62. The van der Waals surface area contributed by atoms with Crippen molar-refractivity contribution < 1.29 is 9.21 Å². The molecule has 1 aliphatic rings. The Morgan fingerprint density at radius 2 is 2.50 bits per heavy atom. The Morgan fingerprint density at radius 3 is 3.35 bits per heavy atom. The number of rotatable bonds is 4. The van der Waals surface area contributed by atoms with Crippen LogP contribution in [0.1, 0.15) is 40.7 Å². The minimum Gasteiger partial charge on any atom is -0.469 e. The standard InChI is InChI=1S/C14H18N4O2/c15-5-6-18-8-12(16-9-18)14(19)17-11-2-1-3-13-10(11)4-7-20-13/h4,7-9,11H,1-3,5-6,15H2,(H,17,19). The second-order valence-corrected chi connectivity index (χ2v) is 5.00. The Morgan fingerprint density at radius 1 is 1.60 bits per heavy atom. The molecule has 2 aromatic rings. The molecule has 6 heteroatoms. The van der Waals surface area contributed by atoms with E-state index in [0.717, 1.165) is 30.6 Å². The summed E-state index contributed by atoms with van der Waals surface area (Å²) < 4.78 is 7.24. The van der Waals surface area contributed by atoms with Crippen molar-refractivity contribution in [3.63, 3.8) is 0 Å². The normalized spacial score (nSPS) is 17.8. The van der Waals surface area contributed by atoms with Gasteiger partial charge in [0.2, 0.25) is 0 Å². The molecule has 6 nitrogen and oxygen atoms in total. The lowest BCUT2D eigenvalue weighted by Gasteiger charge is -2.22. The third kappa shape index (κ3) is 2.46. The van der Waals surface area contributed by atoms with Gasteiger partial charge in [-0.15, -0.1) is 0 Å². The predicted octanol–water partition coefficient (Wildman–Crippen LogP) is 1.24. The zero-order chi connectivity index (χ0) is 13.9. The van der Waals surface area contributed by atoms with E-state index in [4.69, 9.17) is 10.2 Å². The molecule has 0 spiro atoms. The summed E-state index contributed by atoms with van der Waals surface area (Å²) in [5.74, 6) is 0.829. The first kappa shape index (κ1) is 12.9. The van der Waals surface area contributed by atoms with Crippen molar-refractivity contribution in [2.75, 3.05) is 6.54 Å². The van der Waals surface area contributed by atoms with Gasteiger partial charge in [0.15, 0.2) is 0 Å². The summed E-state index contributed by atoms with van der Waals surface area (Å²) in [6.45, 7) is 1.19. The summed E-state index contributed by atoms with van der Waals surface area (Å²) in [6.07, 6.45) is 7.94. The third-order valence-corrected chi connectivity index (χ3v) is 3.61. The maximum Gasteiger partial charge on any atom is 0.271 e. The maximum absolute atomic E-state index is 12.2. The lowest BCUT2D eigenvalue weighted by Crippen LogP contribution is -2.30. The number of amides is 1. The van der Waals surface area contributed by atoms with E-state index in [1.54, 1.807) is 18.8 Å². The molecule has 1 aliphatic carbocycles. The molecule has 20 heavy (non-hydrogen) atoms. The van der Waals surface area contributed by atoms with Gasteiger partial charge in [0, 0.05) is 31.3 Å². The highest BCUT2D eigenvalue weighted by Gasteiger charge is 2.24. The van der Waals surface area contributed by atoms with Crippen LogP contribution in [-0.2, 0) is 13.0 Å². The summed E-state index contributed by atoms with van der Waals surface area (Å²) in [5.41, 5.74) is 6.99. The summed E-state index contributed by atoms with van der Waals surface area (Å²) in [4.78, 5) is 16.3. The van der Waals surface area contributed by atoms with Gasteiger partial charge in [-0.25, -0.2) is 4.98 Å². The third-order valence-electron chi connectivity index (χ3n) is 3.61. The van der Waals surface area contributed by atoms with E-state index in [1.807, 2.05) is 10.6 Å². The highest BCUT2D eigenvalue weighted by molar-refractivity contribution is 5.92. The van der Waals surface area contributed by atoms with Crippen LogP contribution in [-0.4, -0.2) is 22.0 Å². The summed E-state index contributed by atoms with van der Waals surface area (Å²) in [7, 11) is 0. The molecule has 0 saturated heterocycles. The number of aryl methyl sites for hydroxylation is 1. The van der Waals surface area contributed by atoms with E-state index in [2.05, 4.69) is 10.3 Å². The van der Waals surface area contributed by atoms with Gasteiger partial charge in [0.25, 0.3) is 5.91 Å². The van der Waals surface area contributed by atoms with E-state index >= 15 is 0 Å². The molecule has 1 atom stereocenters. The van der Waals surface area contributed by atoms with Gasteiger partial charge < -0.3 is 20.0 Å². The minimum absolute atomic E-state index is 0.0182. The number of nitrogens with one attached hydrogen (secondary N) is 1. The average molecular weight is 274 g/mol. The fraction of sp³-hybridized carbons (Fsp3) is 0.429. The highest BCUT2D eigenvalue weighted by Crippen LogP contribution is 2.30. The van der Waals surface area contributed by atoms with Crippen LogP contribution >= 0.6 is 0 Å². The SMILES string of the molecule is NCCn1cnc(C(=O)NC2CCCc3occc32)c1. The van der Waals surface area contributed by atoms with E-state index < -0.39 is 0 Å². The Kier molecular flexibility index (Phi) is 3.56. The van der Waals surface area contributed by atoms with Crippen molar-refractivity contribution in [1.29, 1.82) is 0 Å². The van der Waals surface area contributed by atoms with Crippen LogP contribution < -0.4 is 11.1 Å². The number of aromatic nitrogens is 2. The molecule has 0 aromatic carbocycles. The van der Waals surface area contributed by atoms with Crippen LogP contribution in [0.2, 0.25) is 0 Å². The largest absolute Gasteiger partial charge is 0.469 e. The van der Waals surface area contributed by atoms with Crippen molar-refractivity contribution in [2.24, 2.45) is 5.73 Å². The van der Waals surface area contributed by atoms with Crippen LogP contribution in [0.25, 0.3) is 0 Å². The number of hydrogen-bond acceptors (Lipinski definition) is 4. The van der Waals surface area contributed by atoms with E-state index in [9.17, 15) is 4.79 Å². The molecule has 0 saturated carbocycles. The van der Waals surface area contributed by atoms with Crippen molar-refractivity contribution >= 4 is 5.91 Å². The first-order chi connectivity index (χ1) is 9.78. The number of nitrogens with zero attached hydrogens (tertiary/aromatic N) is 2. The molecule has 2 aromatic heterocycles. The quantitative estimate of drug-likeness (QED) is 0.878. The first-order valence-corrected chi connectivity index (χ1v) is 6.87. The van der Waals surface area contributed by atoms with Crippen LogP contribution in [0.15, 0.2) is 29.3 Å². The molecule has 0 radical (unpaired) electrons. The molecule has 3 N–H and O–H groups in total. The monoisotopic (exact) mass is 274 g/mol. The zero-order valence-electron chi connectivity index (χ0n) is 11.2. The topological polar surface area (TPSA) is 86.1 Å². The highest BCUT2D eigenvalue weighted by atomic mass is 16.3. The van der Waals surface area contributed by atoms with Crippen molar-refractivity contribution in [3.8, 4) is 0 Å². The van der Waals surface area contributed by atoms with Gasteiger partial charge in [0.05, 0.1) is 18.6 Å². The fourth-order valence-electron chi connectivity index (χ4n) is 2.62. The van der Waals surface area contributed by atoms with E-state index in [0.29, 0.717) is 18.8 Å². The zero-order valence-corrected chi connectivity index (χ0v) is 11.2. The van der Waals surface area contributed by atoms with Crippen molar-refractivity contribution in [3.05, 3.63) is 41.9 Å². The maximum atomic E-state index is 12.2. The smallest absolute Gasteiger partial charge is 0.271 e. The molecule has 0 aliphatic heterocycles. The molecule has 1 unspecified atom stereocenters. The first-order valence-electron chi connectivity index (χ1n) is 6.87. The van der Waals surface area contributed by atoms with Crippen molar-refractivity contribution in [1.82, 2.24) is 14.9 Å². The van der Waals surface area contributed by atoms with E-state index in [1.165, 1.54) is 0 Å². The van der Waals surface area contributed by atoms with Crippen molar-refractivity contribution in [2.45, 2.75) is 31.8 Å². The molecule has 2 heterocycles. The Balaban J connectivity index is 1.70. The molecule has 3 rings (SSSR count). The van der Waals surface area contributed by atoms with Crippen LogP contribution in [0, 0.1) is 0 Å². The minimum atomic E-state index is -0.153. The number of imidazole rings is 1. The van der Waals surface area contributed by atoms with Gasteiger partial charge in [-0.05, 0) is 18.9 Å². The number of nitrogens with two attached hydrogens (primary N) is 1. The number of hydrogen-bond donors (Lipinski definition) is 2. The lowest BCUT2D eigenvalue weighted by atomic mass is 9.93. The second-order valence-electron chi connectivity index (χ2n) is 5.00. The van der Waals surface area contributed by atoms with Gasteiger partial charge in [0.1, 0.15) is 11.5 Å². The molecule has 0 bridgehead atoms. The number of furan rings is 1. The van der Waals surface area contributed by atoms with Gasteiger partial charge >= 0.3 is 0 Å². The van der Waals surface area contributed by atoms with Gasteiger partial charge in [-0.3, -0.25) is 4.79 Å². The number of carbonyl (C=O) groups excluding carboxylic acids is 1. The Hall–Kier alpha value is -2.08. The summed E-state index contributed by atoms with van der Waals surface area (Å²) in [6, 6.07) is 1.96. The molecule has 0 fully saturated rings. The predicted molar refractivity (Wildman–Crippen MR) is 73.1 cm³/mol. The van der Waals surface area contributed by atoms with Crippen LogP contribution in [0.3, 0.4) is 0 Å². The Bertz CT molecular complexity index is 602. The van der Waals surface area contributed by atoms with E-state index in [-0.39, 0.29) is 11.9 Å². The Labute approximate surface area is 117 Å². The number of carbonyl (C=O) groups is 1. The van der Waals surface area contributed by atoms with Gasteiger partial charge in [-0.2, -0.15) is 0 Å².